The Morgan fingerprint density at radius 2 is 1.86 bits per heavy atom. The van der Waals surface area contributed by atoms with Gasteiger partial charge < -0.3 is 9.52 Å². The molecular weight excluding hydrogens is 264 g/mol. The highest BCUT2D eigenvalue weighted by atomic mass is 16.4. The SMILES string of the molecule is CCc1[c]c(Cc2c(O)c3ccccc3oc2=O)ccc1. The number of aromatic hydroxyl groups is 1. The third-order valence-corrected chi connectivity index (χ3v) is 3.54. The molecule has 105 valence electrons. The summed E-state index contributed by atoms with van der Waals surface area (Å²) in [5.74, 6) is -0.00264. The highest BCUT2D eigenvalue weighted by Gasteiger charge is 2.14. The zero-order valence-electron chi connectivity index (χ0n) is 11.7. The van der Waals surface area contributed by atoms with E-state index in [-0.39, 0.29) is 11.3 Å². The fraction of sp³-hybridized carbons (Fsp3) is 0.167. The normalized spacial score (nSPS) is 10.9. The van der Waals surface area contributed by atoms with Gasteiger partial charge in [-0.05, 0) is 35.7 Å². The van der Waals surface area contributed by atoms with Crippen LogP contribution in [0.25, 0.3) is 11.0 Å². The zero-order valence-corrected chi connectivity index (χ0v) is 11.7. The number of aryl methyl sites for hydroxylation is 1. The maximum Gasteiger partial charge on any atom is 0.343 e. The monoisotopic (exact) mass is 279 g/mol. The van der Waals surface area contributed by atoms with Crippen molar-refractivity contribution < 1.29 is 9.52 Å². The predicted molar refractivity (Wildman–Crippen MR) is 81.6 cm³/mol. The average molecular weight is 279 g/mol. The van der Waals surface area contributed by atoms with Crippen molar-refractivity contribution in [2.75, 3.05) is 0 Å². The molecule has 1 N–H and O–H groups in total. The number of para-hydroxylation sites is 1. The molecule has 0 fully saturated rings. The van der Waals surface area contributed by atoms with Crippen molar-refractivity contribution in [1.29, 1.82) is 0 Å². The lowest BCUT2D eigenvalue weighted by atomic mass is 10.0. The van der Waals surface area contributed by atoms with Crippen LogP contribution in [0.3, 0.4) is 0 Å². The highest BCUT2D eigenvalue weighted by Crippen LogP contribution is 2.27. The lowest BCUT2D eigenvalue weighted by Crippen LogP contribution is -2.08. The van der Waals surface area contributed by atoms with Gasteiger partial charge in [-0.15, -0.1) is 0 Å². The van der Waals surface area contributed by atoms with Gasteiger partial charge in [-0.3, -0.25) is 0 Å². The summed E-state index contributed by atoms with van der Waals surface area (Å²) in [6.07, 6.45) is 1.19. The molecule has 0 aliphatic rings. The standard InChI is InChI=1S/C18H15O3/c1-2-12-6-5-7-13(10-12)11-15-17(19)14-8-3-4-9-16(14)21-18(15)20/h3-9,19H,2,11H2,1H3. The Bertz CT molecular complexity index is 846. The topological polar surface area (TPSA) is 50.4 Å². The molecule has 3 nitrogen and oxygen atoms in total. The molecule has 0 amide bonds. The molecule has 1 heterocycles. The van der Waals surface area contributed by atoms with Gasteiger partial charge in [0.25, 0.3) is 0 Å². The summed E-state index contributed by atoms with van der Waals surface area (Å²) in [7, 11) is 0. The van der Waals surface area contributed by atoms with E-state index in [2.05, 4.69) is 13.0 Å². The van der Waals surface area contributed by atoms with Crippen molar-refractivity contribution in [2.45, 2.75) is 19.8 Å². The Morgan fingerprint density at radius 1 is 1.10 bits per heavy atom. The summed E-state index contributed by atoms with van der Waals surface area (Å²) in [6.45, 7) is 2.05. The summed E-state index contributed by atoms with van der Waals surface area (Å²) >= 11 is 0. The van der Waals surface area contributed by atoms with Crippen LogP contribution in [0, 0.1) is 6.07 Å². The van der Waals surface area contributed by atoms with Gasteiger partial charge >= 0.3 is 5.63 Å². The van der Waals surface area contributed by atoms with E-state index in [0.29, 0.717) is 17.4 Å². The second kappa shape index (κ2) is 5.44. The molecule has 3 heteroatoms. The van der Waals surface area contributed by atoms with Gasteiger partial charge in [0, 0.05) is 6.42 Å². The van der Waals surface area contributed by atoms with Crippen LogP contribution in [0.2, 0.25) is 0 Å². The second-order valence-electron chi connectivity index (χ2n) is 4.94. The maximum absolute atomic E-state index is 12.1. The quantitative estimate of drug-likeness (QED) is 0.747. The molecule has 0 spiro atoms. The van der Waals surface area contributed by atoms with Crippen LogP contribution in [-0.4, -0.2) is 5.11 Å². The Balaban J connectivity index is 2.10. The van der Waals surface area contributed by atoms with Gasteiger partial charge in [-0.2, -0.15) is 0 Å². The van der Waals surface area contributed by atoms with Crippen LogP contribution >= 0.6 is 0 Å². The van der Waals surface area contributed by atoms with Gasteiger partial charge in [-0.25, -0.2) is 4.79 Å². The number of hydrogen-bond donors (Lipinski definition) is 1. The minimum absolute atomic E-state index is 0.00264. The molecule has 0 saturated carbocycles. The molecule has 0 aliphatic carbocycles. The molecule has 2 aromatic carbocycles. The van der Waals surface area contributed by atoms with E-state index in [4.69, 9.17) is 4.42 Å². The lowest BCUT2D eigenvalue weighted by molar-refractivity contribution is 0.458. The molecule has 0 unspecified atom stereocenters. The predicted octanol–water partition coefficient (Wildman–Crippen LogP) is 3.45. The van der Waals surface area contributed by atoms with Crippen LogP contribution in [0.15, 0.2) is 51.7 Å². The van der Waals surface area contributed by atoms with Crippen LogP contribution in [0.4, 0.5) is 0 Å². The Hall–Kier alpha value is -2.55. The number of hydrogen-bond acceptors (Lipinski definition) is 3. The van der Waals surface area contributed by atoms with Crippen LogP contribution < -0.4 is 5.63 Å². The summed E-state index contributed by atoms with van der Waals surface area (Å²) in [5.41, 5.74) is 2.12. The average Bonchev–Trinajstić information content (AvgIpc) is 2.51. The van der Waals surface area contributed by atoms with Crippen molar-refractivity contribution in [2.24, 2.45) is 0 Å². The molecule has 0 aliphatic heterocycles. The molecule has 3 aromatic rings. The first kappa shape index (κ1) is 13.4. The van der Waals surface area contributed by atoms with Gasteiger partial charge in [-0.1, -0.05) is 37.3 Å². The molecule has 0 saturated heterocycles. The third-order valence-electron chi connectivity index (χ3n) is 3.54. The minimum atomic E-state index is -0.499. The van der Waals surface area contributed by atoms with E-state index in [1.807, 2.05) is 18.2 Å². The van der Waals surface area contributed by atoms with Crippen molar-refractivity contribution in [3.8, 4) is 5.75 Å². The fourth-order valence-electron chi connectivity index (χ4n) is 2.40. The smallest absolute Gasteiger partial charge is 0.343 e. The van der Waals surface area contributed by atoms with Crippen molar-refractivity contribution >= 4 is 11.0 Å². The van der Waals surface area contributed by atoms with Crippen LogP contribution in [0.1, 0.15) is 23.6 Å². The molecule has 0 bridgehead atoms. The van der Waals surface area contributed by atoms with E-state index in [0.717, 1.165) is 17.5 Å². The maximum atomic E-state index is 12.1. The van der Waals surface area contributed by atoms with Crippen molar-refractivity contribution in [1.82, 2.24) is 0 Å². The Kier molecular flexibility index (Phi) is 3.48. The van der Waals surface area contributed by atoms with Crippen LogP contribution in [-0.2, 0) is 12.8 Å². The van der Waals surface area contributed by atoms with Crippen molar-refractivity contribution in [3.05, 3.63) is 75.6 Å². The molecule has 3 rings (SSSR count). The van der Waals surface area contributed by atoms with Gasteiger partial charge in [0.1, 0.15) is 11.3 Å². The van der Waals surface area contributed by atoms with E-state index in [1.54, 1.807) is 24.3 Å². The minimum Gasteiger partial charge on any atom is -0.507 e. The number of rotatable bonds is 3. The molecule has 1 radical (unpaired) electrons. The molecular formula is C18H15O3. The first-order chi connectivity index (χ1) is 10.2. The van der Waals surface area contributed by atoms with Gasteiger partial charge in [0.2, 0.25) is 0 Å². The summed E-state index contributed by atoms with van der Waals surface area (Å²) in [6, 6.07) is 16.1. The van der Waals surface area contributed by atoms with E-state index < -0.39 is 5.63 Å². The van der Waals surface area contributed by atoms with Gasteiger partial charge in [0.15, 0.2) is 0 Å². The first-order valence-corrected chi connectivity index (χ1v) is 6.93. The molecule has 0 atom stereocenters. The lowest BCUT2D eigenvalue weighted by Gasteiger charge is -2.07. The Morgan fingerprint density at radius 3 is 2.67 bits per heavy atom. The highest BCUT2D eigenvalue weighted by molar-refractivity contribution is 5.84. The fourth-order valence-corrected chi connectivity index (χ4v) is 2.40. The summed E-state index contributed by atoms with van der Waals surface area (Å²) < 4.78 is 5.27. The van der Waals surface area contributed by atoms with Crippen LogP contribution in [0.5, 0.6) is 5.75 Å². The van der Waals surface area contributed by atoms with Crippen molar-refractivity contribution in [3.63, 3.8) is 0 Å². The second-order valence-corrected chi connectivity index (χ2v) is 4.94. The zero-order chi connectivity index (χ0) is 14.8. The largest absolute Gasteiger partial charge is 0.507 e. The van der Waals surface area contributed by atoms with Gasteiger partial charge in [0.05, 0.1) is 10.9 Å². The molecule has 1 aromatic heterocycles. The van der Waals surface area contributed by atoms with E-state index >= 15 is 0 Å². The summed E-state index contributed by atoms with van der Waals surface area (Å²) in [5, 5.41) is 10.9. The number of fused-ring (bicyclic) bond motifs is 1. The molecule has 21 heavy (non-hydrogen) atoms. The Labute approximate surface area is 122 Å². The summed E-state index contributed by atoms with van der Waals surface area (Å²) in [4.78, 5) is 12.1. The van der Waals surface area contributed by atoms with E-state index in [1.165, 1.54) is 0 Å². The first-order valence-electron chi connectivity index (χ1n) is 6.93. The van der Waals surface area contributed by atoms with E-state index in [9.17, 15) is 9.90 Å². The third kappa shape index (κ3) is 2.55. The number of benzene rings is 2.